The van der Waals surface area contributed by atoms with Gasteiger partial charge in [0.1, 0.15) is 5.82 Å². The van der Waals surface area contributed by atoms with Crippen LogP contribution in [-0.2, 0) is 11.3 Å². The van der Waals surface area contributed by atoms with Gasteiger partial charge in [-0.25, -0.2) is 9.97 Å². The van der Waals surface area contributed by atoms with Crippen molar-refractivity contribution in [3.05, 3.63) is 65.3 Å². The number of benzene rings is 1. The zero-order valence-electron chi connectivity index (χ0n) is 18.3. The van der Waals surface area contributed by atoms with Gasteiger partial charge >= 0.3 is 0 Å². The molecule has 2 aliphatic rings. The van der Waals surface area contributed by atoms with Gasteiger partial charge in [-0.15, -0.1) is 0 Å². The third-order valence-corrected chi connectivity index (χ3v) is 6.95. The lowest BCUT2D eigenvalue weighted by molar-refractivity contribution is -0.137. The van der Waals surface area contributed by atoms with Gasteiger partial charge in [-0.2, -0.15) is 0 Å². The van der Waals surface area contributed by atoms with Crippen LogP contribution in [0, 0.1) is 11.8 Å². The quantitative estimate of drug-likeness (QED) is 0.635. The Morgan fingerprint density at radius 2 is 1.66 bits per heavy atom. The highest BCUT2D eigenvalue weighted by Crippen LogP contribution is 2.31. The first-order valence-electron chi connectivity index (χ1n) is 11.6. The molecule has 0 N–H and O–H groups in total. The molecule has 1 saturated heterocycles. The molecule has 32 heavy (non-hydrogen) atoms. The topological polar surface area (TPSA) is 71.3 Å². The SMILES string of the molecule is O=C(C1CCC(Cn2cnc3ccccc3c2=O)CC1)N1CCN(c2ccccn2)CC1. The Morgan fingerprint density at radius 3 is 2.41 bits per heavy atom. The smallest absolute Gasteiger partial charge is 0.261 e. The molecule has 1 saturated carbocycles. The van der Waals surface area contributed by atoms with Gasteiger partial charge in [0.05, 0.1) is 17.2 Å². The van der Waals surface area contributed by atoms with Crippen LogP contribution < -0.4 is 10.5 Å². The Balaban J connectivity index is 1.14. The average molecular weight is 432 g/mol. The van der Waals surface area contributed by atoms with Crippen molar-refractivity contribution in [2.24, 2.45) is 11.8 Å². The second kappa shape index (κ2) is 9.10. The molecular weight excluding hydrogens is 402 g/mol. The van der Waals surface area contributed by atoms with E-state index < -0.39 is 0 Å². The van der Waals surface area contributed by atoms with Crippen LogP contribution in [0.5, 0.6) is 0 Å². The van der Waals surface area contributed by atoms with E-state index in [0.29, 0.717) is 23.8 Å². The van der Waals surface area contributed by atoms with E-state index in [4.69, 9.17) is 0 Å². The van der Waals surface area contributed by atoms with Crippen molar-refractivity contribution in [3.8, 4) is 0 Å². The van der Waals surface area contributed by atoms with Gasteiger partial charge in [0.15, 0.2) is 0 Å². The van der Waals surface area contributed by atoms with E-state index in [-0.39, 0.29) is 11.5 Å². The van der Waals surface area contributed by atoms with Crippen molar-refractivity contribution >= 4 is 22.6 Å². The maximum absolute atomic E-state index is 13.1. The van der Waals surface area contributed by atoms with Crippen molar-refractivity contribution in [1.29, 1.82) is 0 Å². The number of carbonyl (C=O) groups is 1. The average Bonchev–Trinajstić information content (AvgIpc) is 2.86. The number of amides is 1. The van der Waals surface area contributed by atoms with E-state index in [2.05, 4.69) is 14.9 Å². The third kappa shape index (κ3) is 4.24. The minimum atomic E-state index is 0.0274. The number of fused-ring (bicyclic) bond motifs is 1. The summed E-state index contributed by atoms with van der Waals surface area (Å²) >= 11 is 0. The van der Waals surface area contributed by atoms with Crippen molar-refractivity contribution in [2.75, 3.05) is 31.1 Å². The first kappa shape index (κ1) is 20.7. The Labute approximate surface area is 187 Å². The second-order valence-corrected chi connectivity index (χ2v) is 8.94. The zero-order chi connectivity index (χ0) is 21.9. The van der Waals surface area contributed by atoms with Gasteiger partial charge in [0, 0.05) is 44.8 Å². The molecule has 2 fully saturated rings. The largest absolute Gasteiger partial charge is 0.353 e. The molecule has 0 spiro atoms. The molecule has 5 rings (SSSR count). The minimum Gasteiger partial charge on any atom is -0.353 e. The highest BCUT2D eigenvalue weighted by Gasteiger charge is 2.31. The van der Waals surface area contributed by atoms with Gasteiger partial charge in [-0.1, -0.05) is 18.2 Å². The number of rotatable bonds is 4. The fourth-order valence-corrected chi connectivity index (χ4v) is 5.06. The van der Waals surface area contributed by atoms with E-state index in [1.165, 1.54) is 0 Å². The van der Waals surface area contributed by atoms with Crippen molar-refractivity contribution in [3.63, 3.8) is 0 Å². The predicted molar refractivity (Wildman–Crippen MR) is 124 cm³/mol. The molecule has 3 heterocycles. The number of para-hydroxylation sites is 1. The van der Waals surface area contributed by atoms with Gasteiger partial charge < -0.3 is 9.80 Å². The Kier molecular flexibility index (Phi) is 5.88. The summed E-state index contributed by atoms with van der Waals surface area (Å²) in [6.45, 7) is 3.85. The summed E-state index contributed by atoms with van der Waals surface area (Å²) in [6, 6.07) is 13.4. The van der Waals surface area contributed by atoms with Crippen LogP contribution in [0.3, 0.4) is 0 Å². The number of anilines is 1. The summed E-state index contributed by atoms with van der Waals surface area (Å²) in [7, 11) is 0. The van der Waals surface area contributed by atoms with Crippen LogP contribution in [0.4, 0.5) is 5.82 Å². The molecule has 0 atom stereocenters. The lowest BCUT2D eigenvalue weighted by atomic mass is 9.81. The first-order chi connectivity index (χ1) is 15.7. The number of carbonyl (C=O) groups excluding carboxylic acids is 1. The highest BCUT2D eigenvalue weighted by atomic mass is 16.2. The van der Waals surface area contributed by atoms with E-state index in [1.54, 1.807) is 10.9 Å². The molecule has 0 unspecified atom stereocenters. The molecule has 0 radical (unpaired) electrons. The molecule has 2 aromatic heterocycles. The molecule has 1 aliphatic heterocycles. The summed E-state index contributed by atoms with van der Waals surface area (Å²) in [4.78, 5) is 39.0. The van der Waals surface area contributed by atoms with Crippen molar-refractivity contribution < 1.29 is 4.79 Å². The normalized spacial score (nSPS) is 21.6. The fourth-order valence-electron chi connectivity index (χ4n) is 5.06. The van der Waals surface area contributed by atoms with Crippen LogP contribution in [0.25, 0.3) is 10.9 Å². The summed E-state index contributed by atoms with van der Waals surface area (Å²) in [5.41, 5.74) is 0.769. The van der Waals surface area contributed by atoms with Crippen molar-refractivity contribution in [1.82, 2.24) is 19.4 Å². The van der Waals surface area contributed by atoms with Crippen LogP contribution in [0.15, 0.2) is 59.8 Å². The monoisotopic (exact) mass is 431 g/mol. The number of pyridine rings is 1. The Hall–Kier alpha value is -3.22. The fraction of sp³-hybridized carbons (Fsp3) is 0.440. The summed E-state index contributed by atoms with van der Waals surface area (Å²) < 4.78 is 1.74. The molecule has 1 aromatic carbocycles. The number of nitrogens with zero attached hydrogens (tertiary/aromatic N) is 5. The number of piperazine rings is 1. The van der Waals surface area contributed by atoms with Crippen LogP contribution >= 0.6 is 0 Å². The first-order valence-corrected chi connectivity index (χ1v) is 11.6. The maximum atomic E-state index is 13.1. The van der Waals surface area contributed by atoms with Gasteiger partial charge in [0.2, 0.25) is 5.91 Å². The van der Waals surface area contributed by atoms with Crippen molar-refractivity contribution in [2.45, 2.75) is 32.2 Å². The molecule has 0 bridgehead atoms. The number of hydrogen-bond donors (Lipinski definition) is 0. The van der Waals surface area contributed by atoms with Crippen LogP contribution in [0.2, 0.25) is 0 Å². The summed E-state index contributed by atoms with van der Waals surface area (Å²) in [5, 5.41) is 0.670. The Morgan fingerprint density at radius 1 is 0.906 bits per heavy atom. The van der Waals surface area contributed by atoms with E-state index in [0.717, 1.165) is 63.2 Å². The van der Waals surface area contributed by atoms with Crippen LogP contribution in [-0.4, -0.2) is 51.5 Å². The minimum absolute atomic E-state index is 0.0274. The molecule has 3 aromatic rings. The molecule has 166 valence electrons. The number of hydrogen-bond acceptors (Lipinski definition) is 5. The van der Waals surface area contributed by atoms with Gasteiger partial charge in [-0.3, -0.25) is 14.2 Å². The summed E-state index contributed by atoms with van der Waals surface area (Å²) in [6.07, 6.45) is 7.24. The molecule has 1 amide bonds. The predicted octanol–water partition coefficient (Wildman–Crippen LogP) is 2.95. The lowest BCUT2D eigenvalue weighted by Crippen LogP contribution is -2.51. The highest BCUT2D eigenvalue weighted by molar-refractivity contribution is 5.79. The van der Waals surface area contributed by atoms with Gasteiger partial charge in [0.25, 0.3) is 5.56 Å². The second-order valence-electron chi connectivity index (χ2n) is 8.94. The van der Waals surface area contributed by atoms with E-state index in [1.807, 2.05) is 53.6 Å². The molecule has 1 aliphatic carbocycles. The van der Waals surface area contributed by atoms with E-state index >= 15 is 0 Å². The van der Waals surface area contributed by atoms with E-state index in [9.17, 15) is 9.59 Å². The third-order valence-electron chi connectivity index (χ3n) is 6.95. The Bertz CT molecular complexity index is 1130. The molecular formula is C25H29N5O2. The molecule has 7 nitrogen and oxygen atoms in total. The van der Waals surface area contributed by atoms with Crippen LogP contribution in [0.1, 0.15) is 25.7 Å². The standard InChI is InChI=1S/C25H29N5O2/c31-24(29-15-13-28(14-16-29)23-7-3-4-12-26-23)20-10-8-19(9-11-20)17-30-18-27-22-6-2-1-5-21(22)25(30)32/h1-7,12,18-20H,8-11,13-17H2. The lowest BCUT2D eigenvalue weighted by Gasteiger charge is -2.38. The summed E-state index contributed by atoms with van der Waals surface area (Å²) in [5.74, 6) is 1.81. The number of aromatic nitrogens is 3. The maximum Gasteiger partial charge on any atom is 0.261 e. The van der Waals surface area contributed by atoms with Gasteiger partial charge in [-0.05, 0) is 55.9 Å². The molecule has 7 heteroatoms. The zero-order valence-corrected chi connectivity index (χ0v) is 18.3.